The number of aromatic nitrogens is 2. The molecule has 0 spiro atoms. The van der Waals surface area contributed by atoms with E-state index in [-0.39, 0.29) is 5.91 Å². The third-order valence-electron chi connectivity index (χ3n) is 3.60. The number of fused-ring (bicyclic) bond motifs is 1. The van der Waals surface area contributed by atoms with E-state index >= 15 is 0 Å². The quantitative estimate of drug-likeness (QED) is 0.544. The fourth-order valence-electron chi connectivity index (χ4n) is 2.34. The maximum Gasteiger partial charge on any atom is 0.218 e. The molecule has 0 saturated heterocycles. The van der Waals surface area contributed by atoms with Crippen LogP contribution in [0.4, 0.5) is 0 Å². The van der Waals surface area contributed by atoms with Crippen LogP contribution in [0.25, 0.3) is 21.3 Å². The SMILES string of the molecule is CCc1ccc(-c2csc3ncnc(SCCC(N)=O)c23)cc1. The molecule has 0 aliphatic carbocycles. The highest BCUT2D eigenvalue weighted by molar-refractivity contribution is 7.99. The lowest BCUT2D eigenvalue weighted by molar-refractivity contribution is -0.117. The molecule has 0 aliphatic rings. The van der Waals surface area contributed by atoms with Crippen molar-refractivity contribution >= 4 is 39.2 Å². The second-order valence-electron chi connectivity index (χ2n) is 5.12. The maximum atomic E-state index is 10.9. The first-order valence-electron chi connectivity index (χ1n) is 7.41. The fourth-order valence-corrected chi connectivity index (χ4v) is 4.29. The van der Waals surface area contributed by atoms with Gasteiger partial charge in [0, 0.05) is 23.1 Å². The summed E-state index contributed by atoms with van der Waals surface area (Å²) >= 11 is 3.17. The molecule has 0 unspecified atom stereocenters. The second kappa shape index (κ2) is 7.10. The van der Waals surface area contributed by atoms with Gasteiger partial charge in [0.2, 0.25) is 5.91 Å². The van der Waals surface area contributed by atoms with E-state index < -0.39 is 0 Å². The minimum atomic E-state index is -0.288. The van der Waals surface area contributed by atoms with Crippen molar-refractivity contribution < 1.29 is 4.79 Å². The van der Waals surface area contributed by atoms with Crippen LogP contribution in [0, 0.1) is 0 Å². The van der Waals surface area contributed by atoms with Gasteiger partial charge in [-0.05, 0) is 17.5 Å². The molecule has 1 amide bonds. The smallest absolute Gasteiger partial charge is 0.218 e. The number of carbonyl (C=O) groups excluding carboxylic acids is 1. The average Bonchev–Trinajstić information content (AvgIpc) is 2.99. The van der Waals surface area contributed by atoms with Gasteiger partial charge in [0.15, 0.2) is 0 Å². The van der Waals surface area contributed by atoms with Crippen molar-refractivity contribution in [2.24, 2.45) is 5.73 Å². The number of nitrogens with two attached hydrogens (primary N) is 1. The van der Waals surface area contributed by atoms with E-state index in [1.54, 1.807) is 29.4 Å². The molecule has 1 aromatic carbocycles. The zero-order valence-electron chi connectivity index (χ0n) is 12.8. The summed E-state index contributed by atoms with van der Waals surface area (Å²) in [4.78, 5) is 20.7. The van der Waals surface area contributed by atoms with Crippen molar-refractivity contribution in [2.45, 2.75) is 24.8 Å². The summed E-state index contributed by atoms with van der Waals surface area (Å²) in [5, 5.41) is 4.10. The van der Waals surface area contributed by atoms with Crippen molar-refractivity contribution in [1.82, 2.24) is 9.97 Å². The number of hydrogen-bond donors (Lipinski definition) is 1. The second-order valence-corrected chi connectivity index (χ2v) is 7.07. The van der Waals surface area contributed by atoms with Crippen LogP contribution in [0.3, 0.4) is 0 Å². The molecule has 118 valence electrons. The summed E-state index contributed by atoms with van der Waals surface area (Å²) in [5.41, 5.74) is 8.85. The summed E-state index contributed by atoms with van der Waals surface area (Å²) < 4.78 is 0. The fraction of sp³-hybridized carbons (Fsp3) is 0.235. The van der Waals surface area contributed by atoms with Crippen LogP contribution in [-0.4, -0.2) is 21.6 Å². The molecule has 2 aromatic heterocycles. The monoisotopic (exact) mass is 343 g/mol. The van der Waals surface area contributed by atoms with Gasteiger partial charge in [-0.15, -0.1) is 23.1 Å². The summed E-state index contributed by atoms with van der Waals surface area (Å²) in [7, 11) is 0. The van der Waals surface area contributed by atoms with Crippen LogP contribution in [0.15, 0.2) is 41.0 Å². The van der Waals surface area contributed by atoms with Gasteiger partial charge in [-0.25, -0.2) is 9.97 Å². The number of rotatable bonds is 6. The minimum absolute atomic E-state index is 0.288. The van der Waals surface area contributed by atoms with Crippen molar-refractivity contribution in [3.05, 3.63) is 41.5 Å². The first-order chi connectivity index (χ1) is 11.2. The number of primary amides is 1. The van der Waals surface area contributed by atoms with Gasteiger partial charge in [-0.2, -0.15) is 0 Å². The molecule has 2 heterocycles. The maximum absolute atomic E-state index is 10.9. The van der Waals surface area contributed by atoms with Crippen molar-refractivity contribution in [1.29, 1.82) is 0 Å². The largest absolute Gasteiger partial charge is 0.370 e. The number of hydrogen-bond acceptors (Lipinski definition) is 5. The molecular weight excluding hydrogens is 326 g/mol. The molecule has 0 saturated carbocycles. The first-order valence-corrected chi connectivity index (χ1v) is 9.28. The number of aryl methyl sites for hydroxylation is 1. The van der Waals surface area contributed by atoms with Crippen LogP contribution in [0.1, 0.15) is 18.9 Å². The van der Waals surface area contributed by atoms with Gasteiger partial charge in [-0.3, -0.25) is 4.79 Å². The molecule has 4 nitrogen and oxygen atoms in total. The first kappa shape index (κ1) is 16.0. The number of carbonyl (C=O) groups is 1. The van der Waals surface area contributed by atoms with Gasteiger partial charge < -0.3 is 5.73 Å². The van der Waals surface area contributed by atoms with E-state index in [0.717, 1.165) is 27.2 Å². The van der Waals surface area contributed by atoms with Crippen LogP contribution in [0.5, 0.6) is 0 Å². The predicted molar refractivity (Wildman–Crippen MR) is 96.8 cm³/mol. The zero-order valence-corrected chi connectivity index (χ0v) is 14.4. The topological polar surface area (TPSA) is 68.9 Å². The Morgan fingerprint density at radius 3 is 2.74 bits per heavy atom. The van der Waals surface area contributed by atoms with E-state index in [1.807, 2.05) is 0 Å². The lowest BCUT2D eigenvalue weighted by atomic mass is 10.0. The molecule has 0 bridgehead atoms. The van der Waals surface area contributed by atoms with Gasteiger partial charge in [0.1, 0.15) is 16.2 Å². The molecule has 0 atom stereocenters. The van der Waals surface area contributed by atoms with Crippen LogP contribution < -0.4 is 5.73 Å². The summed E-state index contributed by atoms with van der Waals surface area (Å²) in [6.07, 6.45) is 2.96. The minimum Gasteiger partial charge on any atom is -0.370 e. The number of thiophene rings is 1. The summed E-state index contributed by atoms with van der Waals surface area (Å²) in [6, 6.07) is 8.60. The average molecular weight is 343 g/mol. The molecule has 3 aromatic rings. The normalized spacial score (nSPS) is 11.0. The lowest BCUT2D eigenvalue weighted by Crippen LogP contribution is -2.10. The Morgan fingerprint density at radius 1 is 1.26 bits per heavy atom. The Morgan fingerprint density at radius 2 is 2.04 bits per heavy atom. The van der Waals surface area contributed by atoms with Gasteiger partial charge in [0.05, 0.1) is 5.39 Å². The van der Waals surface area contributed by atoms with Crippen LogP contribution in [0.2, 0.25) is 0 Å². The van der Waals surface area contributed by atoms with Gasteiger partial charge >= 0.3 is 0 Å². The van der Waals surface area contributed by atoms with Gasteiger partial charge in [0.25, 0.3) is 0 Å². The highest BCUT2D eigenvalue weighted by Gasteiger charge is 2.13. The molecular formula is C17H17N3OS2. The van der Waals surface area contributed by atoms with Gasteiger partial charge in [-0.1, -0.05) is 31.2 Å². The molecule has 0 aliphatic heterocycles. The van der Waals surface area contributed by atoms with Crippen molar-refractivity contribution in [3.63, 3.8) is 0 Å². The highest BCUT2D eigenvalue weighted by Crippen LogP contribution is 2.37. The number of thioether (sulfide) groups is 1. The molecule has 0 radical (unpaired) electrons. The van der Waals surface area contributed by atoms with Crippen molar-refractivity contribution in [3.8, 4) is 11.1 Å². The highest BCUT2D eigenvalue weighted by atomic mass is 32.2. The molecule has 3 rings (SSSR count). The third kappa shape index (κ3) is 3.54. The summed E-state index contributed by atoms with van der Waals surface area (Å²) in [5.74, 6) is 0.342. The van der Waals surface area contributed by atoms with Crippen molar-refractivity contribution in [2.75, 3.05) is 5.75 Å². The molecule has 0 fully saturated rings. The van der Waals surface area contributed by atoms with E-state index in [0.29, 0.717) is 12.2 Å². The Hall–Kier alpha value is -1.92. The van der Waals surface area contributed by atoms with E-state index in [4.69, 9.17) is 5.73 Å². The standard InChI is InChI=1S/C17H17N3OS2/c1-2-11-3-5-12(6-4-11)13-9-23-17-15(13)16(19-10-20-17)22-8-7-14(18)21/h3-6,9-10H,2,7-8H2,1H3,(H2,18,21). The molecule has 23 heavy (non-hydrogen) atoms. The summed E-state index contributed by atoms with van der Waals surface area (Å²) in [6.45, 7) is 2.15. The van der Waals surface area contributed by atoms with Crippen LogP contribution >= 0.6 is 23.1 Å². The van der Waals surface area contributed by atoms with E-state index in [1.165, 1.54) is 11.1 Å². The Bertz CT molecular complexity index is 827. The molecule has 2 N–H and O–H groups in total. The predicted octanol–water partition coefficient (Wildman–Crippen LogP) is 3.89. The van der Waals surface area contributed by atoms with E-state index in [9.17, 15) is 4.79 Å². The Kier molecular flexibility index (Phi) is 4.93. The van der Waals surface area contributed by atoms with E-state index in [2.05, 4.69) is 46.5 Å². The van der Waals surface area contributed by atoms with Crippen LogP contribution in [-0.2, 0) is 11.2 Å². The number of amides is 1. The lowest BCUT2D eigenvalue weighted by Gasteiger charge is -2.05. The third-order valence-corrected chi connectivity index (χ3v) is 5.47. The molecule has 6 heteroatoms. The Labute approximate surface area is 143 Å². The Balaban J connectivity index is 1.98. The number of benzene rings is 1. The zero-order chi connectivity index (χ0) is 16.2. The number of nitrogens with zero attached hydrogens (tertiary/aromatic N) is 2.